The van der Waals surface area contributed by atoms with Crippen molar-refractivity contribution in [2.75, 3.05) is 13.2 Å². The fourth-order valence-electron chi connectivity index (χ4n) is 1.42. The molecular weight excluding hydrogens is 144 g/mol. The Labute approximate surface area is 65.8 Å². The van der Waals surface area contributed by atoms with Crippen LogP contribution in [-0.2, 0) is 4.74 Å². The van der Waals surface area contributed by atoms with Crippen molar-refractivity contribution >= 4 is 11.8 Å². The topological polar surface area (TPSA) is 9.23 Å². The summed E-state index contributed by atoms with van der Waals surface area (Å²) in [6.45, 7) is 1.89. The molecule has 1 fully saturated rings. The lowest BCUT2D eigenvalue weighted by Crippen LogP contribution is -2.29. The van der Waals surface area contributed by atoms with Crippen LogP contribution in [0.15, 0.2) is 12.2 Å². The second-order valence-corrected chi connectivity index (χ2v) is 3.87. The van der Waals surface area contributed by atoms with E-state index < -0.39 is 0 Å². The van der Waals surface area contributed by atoms with Gasteiger partial charge in [-0.15, -0.1) is 11.8 Å². The van der Waals surface area contributed by atoms with E-state index in [1.165, 1.54) is 6.42 Å². The van der Waals surface area contributed by atoms with Gasteiger partial charge in [-0.1, -0.05) is 12.2 Å². The van der Waals surface area contributed by atoms with E-state index in [4.69, 9.17) is 4.74 Å². The van der Waals surface area contributed by atoms with Crippen LogP contribution >= 0.6 is 11.8 Å². The van der Waals surface area contributed by atoms with Gasteiger partial charge >= 0.3 is 0 Å². The highest BCUT2D eigenvalue weighted by atomic mass is 32.2. The molecule has 2 aliphatic heterocycles. The van der Waals surface area contributed by atoms with Gasteiger partial charge in [-0.05, 0) is 6.42 Å². The molecule has 0 saturated carbocycles. The Kier molecular flexibility index (Phi) is 2.00. The van der Waals surface area contributed by atoms with Gasteiger partial charge in [-0.3, -0.25) is 0 Å². The Morgan fingerprint density at radius 3 is 3.40 bits per heavy atom. The molecular formula is C8H11OS. The first-order chi connectivity index (χ1) is 4.97. The Morgan fingerprint density at radius 2 is 2.50 bits per heavy atom. The molecule has 0 aromatic heterocycles. The fourth-order valence-corrected chi connectivity index (χ4v) is 2.41. The molecule has 0 spiro atoms. The van der Waals surface area contributed by atoms with E-state index >= 15 is 0 Å². The summed E-state index contributed by atoms with van der Waals surface area (Å²) in [5.41, 5.74) is 0. The molecule has 2 heterocycles. The summed E-state index contributed by atoms with van der Waals surface area (Å²) in [5, 5.41) is 0.804. The molecule has 1 nitrogen and oxygen atoms in total. The van der Waals surface area contributed by atoms with Gasteiger partial charge < -0.3 is 4.74 Å². The molecule has 0 aliphatic carbocycles. The van der Waals surface area contributed by atoms with E-state index in [-0.39, 0.29) is 0 Å². The highest BCUT2D eigenvalue weighted by Gasteiger charge is 2.25. The second kappa shape index (κ2) is 2.97. The van der Waals surface area contributed by atoms with Crippen molar-refractivity contribution in [2.24, 2.45) is 5.92 Å². The first-order valence-corrected chi connectivity index (χ1v) is 4.64. The summed E-state index contributed by atoms with van der Waals surface area (Å²) in [5.74, 6) is 2.87. The SMILES string of the molecule is [CH]1C=CC2COCCC2S1. The standard InChI is InChI=1S/C8H11OS/c1-2-7-6-9-4-3-8(7)10-5-1/h1-2,5,7-8H,3-4,6H2. The van der Waals surface area contributed by atoms with Crippen LogP contribution in [0.5, 0.6) is 0 Å². The number of thioether (sulfide) groups is 1. The number of hydrogen-bond acceptors (Lipinski definition) is 2. The minimum absolute atomic E-state index is 0.684. The quantitative estimate of drug-likeness (QED) is 0.528. The van der Waals surface area contributed by atoms with E-state index in [1.807, 2.05) is 11.8 Å². The minimum atomic E-state index is 0.684. The molecule has 0 aromatic carbocycles. The van der Waals surface area contributed by atoms with E-state index in [2.05, 4.69) is 17.9 Å². The average molecular weight is 155 g/mol. The van der Waals surface area contributed by atoms with Crippen LogP contribution in [0.1, 0.15) is 6.42 Å². The summed E-state index contributed by atoms with van der Waals surface area (Å²) >= 11 is 1.96. The molecule has 2 rings (SSSR count). The Bertz CT molecular complexity index is 144. The van der Waals surface area contributed by atoms with Gasteiger partial charge in [0.05, 0.1) is 6.61 Å². The van der Waals surface area contributed by atoms with Crippen molar-refractivity contribution in [1.82, 2.24) is 0 Å². The lowest BCUT2D eigenvalue weighted by atomic mass is 10.0. The van der Waals surface area contributed by atoms with Gasteiger partial charge in [-0.25, -0.2) is 0 Å². The summed E-state index contributed by atoms with van der Waals surface area (Å²) in [6, 6.07) is 0. The first-order valence-electron chi connectivity index (χ1n) is 3.70. The van der Waals surface area contributed by atoms with Crippen molar-refractivity contribution in [3.63, 3.8) is 0 Å². The molecule has 0 bridgehead atoms. The predicted molar refractivity (Wildman–Crippen MR) is 43.7 cm³/mol. The monoisotopic (exact) mass is 155 g/mol. The molecule has 2 unspecified atom stereocenters. The molecule has 2 heteroatoms. The van der Waals surface area contributed by atoms with Gasteiger partial charge in [0.25, 0.3) is 0 Å². The van der Waals surface area contributed by atoms with Crippen LogP contribution in [0.2, 0.25) is 0 Å². The minimum Gasteiger partial charge on any atom is -0.381 e. The highest BCUT2D eigenvalue weighted by molar-refractivity contribution is 8.02. The third-order valence-electron chi connectivity index (χ3n) is 2.02. The van der Waals surface area contributed by atoms with Crippen LogP contribution < -0.4 is 0 Å². The molecule has 55 valence electrons. The van der Waals surface area contributed by atoms with E-state index in [9.17, 15) is 0 Å². The fraction of sp³-hybridized carbons (Fsp3) is 0.625. The van der Waals surface area contributed by atoms with Crippen LogP contribution in [0.3, 0.4) is 0 Å². The first kappa shape index (κ1) is 6.74. The summed E-state index contributed by atoms with van der Waals surface area (Å²) in [7, 11) is 0. The van der Waals surface area contributed by atoms with Crippen molar-refractivity contribution in [2.45, 2.75) is 11.7 Å². The van der Waals surface area contributed by atoms with Crippen LogP contribution in [0.25, 0.3) is 0 Å². The molecule has 2 aliphatic rings. The number of ether oxygens (including phenoxy) is 1. The number of fused-ring (bicyclic) bond motifs is 1. The van der Waals surface area contributed by atoms with Crippen LogP contribution in [0, 0.1) is 11.7 Å². The Morgan fingerprint density at radius 1 is 1.50 bits per heavy atom. The molecule has 0 aromatic rings. The molecule has 2 atom stereocenters. The zero-order chi connectivity index (χ0) is 6.81. The zero-order valence-electron chi connectivity index (χ0n) is 5.82. The van der Waals surface area contributed by atoms with Gasteiger partial charge in [-0.2, -0.15) is 0 Å². The maximum absolute atomic E-state index is 5.36. The normalized spacial score (nSPS) is 39.2. The molecule has 0 amide bonds. The lowest BCUT2D eigenvalue weighted by molar-refractivity contribution is 0.0746. The molecule has 1 saturated heterocycles. The smallest absolute Gasteiger partial charge is 0.0539 e. The Hall–Kier alpha value is 0.0500. The predicted octanol–water partition coefficient (Wildman–Crippen LogP) is 1.86. The summed E-state index contributed by atoms with van der Waals surface area (Å²) < 4.78 is 5.36. The van der Waals surface area contributed by atoms with Gasteiger partial charge in [0.1, 0.15) is 0 Å². The van der Waals surface area contributed by atoms with Crippen LogP contribution in [-0.4, -0.2) is 18.5 Å². The largest absolute Gasteiger partial charge is 0.381 e. The second-order valence-electron chi connectivity index (χ2n) is 2.72. The van der Waals surface area contributed by atoms with E-state index in [0.717, 1.165) is 18.5 Å². The Balaban J connectivity index is 2.03. The van der Waals surface area contributed by atoms with E-state index in [1.54, 1.807) is 0 Å². The van der Waals surface area contributed by atoms with Gasteiger partial charge in [0.15, 0.2) is 0 Å². The third-order valence-corrected chi connectivity index (χ3v) is 3.27. The zero-order valence-corrected chi connectivity index (χ0v) is 6.64. The number of rotatable bonds is 0. The van der Waals surface area contributed by atoms with Gasteiger partial charge in [0.2, 0.25) is 0 Å². The van der Waals surface area contributed by atoms with Crippen molar-refractivity contribution in [1.29, 1.82) is 0 Å². The maximum Gasteiger partial charge on any atom is 0.0539 e. The van der Waals surface area contributed by atoms with Crippen molar-refractivity contribution in [3.8, 4) is 0 Å². The summed E-state index contributed by atoms with van der Waals surface area (Å²) in [4.78, 5) is 0. The van der Waals surface area contributed by atoms with Gasteiger partial charge in [0, 0.05) is 23.5 Å². The summed E-state index contributed by atoms with van der Waals surface area (Å²) in [6.07, 6.45) is 5.62. The van der Waals surface area contributed by atoms with Crippen molar-refractivity contribution < 1.29 is 4.74 Å². The third kappa shape index (κ3) is 1.23. The highest BCUT2D eigenvalue weighted by Crippen LogP contribution is 2.33. The maximum atomic E-state index is 5.36. The van der Waals surface area contributed by atoms with Crippen molar-refractivity contribution in [3.05, 3.63) is 17.9 Å². The molecule has 0 N–H and O–H groups in total. The van der Waals surface area contributed by atoms with E-state index in [0.29, 0.717) is 5.92 Å². The molecule has 1 radical (unpaired) electrons. The average Bonchev–Trinajstić information content (AvgIpc) is 2.05. The van der Waals surface area contributed by atoms with Crippen LogP contribution in [0.4, 0.5) is 0 Å². The number of hydrogen-bond donors (Lipinski definition) is 0. The molecule has 10 heavy (non-hydrogen) atoms. The lowest BCUT2D eigenvalue weighted by Gasteiger charge is -2.30.